The third kappa shape index (κ3) is 5.19. The fourth-order valence-corrected chi connectivity index (χ4v) is 0.524. The molecule has 0 N–H and O–H groups in total. The SMILES string of the molecule is C#CCC=CC(=O)SC. The van der Waals surface area contributed by atoms with Crippen molar-refractivity contribution in [2.45, 2.75) is 6.42 Å². The van der Waals surface area contributed by atoms with Crippen molar-refractivity contribution in [2.24, 2.45) is 0 Å². The standard InChI is InChI=1S/C7H8OS/c1-3-4-5-6-7(8)9-2/h1,5-6H,4H2,2H3. The molecule has 0 aromatic rings. The van der Waals surface area contributed by atoms with Gasteiger partial charge >= 0.3 is 0 Å². The number of thioether (sulfide) groups is 1. The van der Waals surface area contributed by atoms with Gasteiger partial charge < -0.3 is 0 Å². The summed E-state index contributed by atoms with van der Waals surface area (Å²) in [5.74, 6) is 2.40. The van der Waals surface area contributed by atoms with Crippen molar-refractivity contribution >= 4 is 16.9 Å². The van der Waals surface area contributed by atoms with Crippen LogP contribution in [0.2, 0.25) is 0 Å². The molecule has 0 aliphatic heterocycles. The van der Waals surface area contributed by atoms with Crippen LogP contribution in [0.4, 0.5) is 0 Å². The van der Waals surface area contributed by atoms with Crippen LogP contribution in [0.3, 0.4) is 0 Å². The first-order valence-electron chi connectivity index (χ1n) is 2.49. The Morgan fingerprint density at radius 2 is 2.56 bits per heavy atom. The molecule has 0 unspecified atom stereocenters. The minimum Gasteiger partial charge on any atom is -0.282 e. The average molecular weight is 140 g/mol. The van der Waals surface area contributed by atoms with Gasteiger partial charge in [0.25, 0.3) is 0 Å². The van der Waals surface area contributed by atoms with E-state index in [-0.39, 0.29) is 5.12 Å². The van der Waals surface area contributed by atoms with Crippen LogP contribution in [-0.2, 0) is 4.79 Å². The van der Waals surface area contributed by atoms with Crippen molar-refractivity contribution in [3.05, 3.63) is 12.2 Å². The summed E-state index contributed by atoms with van der Waals surface area (Å²) in [5, 5.41) is 0.0465. The summed E-state index contributed by atoms with van der Waals surface area (Å²) in [6.07, 6.45) is 10.4. The van der Waals surface area contributed by atoms with Crippen molar-refractivity contribution in [3.8, 4) is 12.3 Å². The maximum absolute atomic E-state index is 10.5. The lowest BCUT2D eigenvalue weighted by Crippen LogP contribution is -1.79. The van der Waals surface area contributed by atoms with Crippen LogP contribution in [0.25, 0.3) is 0 Å². The van der Waals surface area contributed by atoms with Crippen molar-refractivity contribution < 1.29 is 4.79 Å². The Hall–Kier alpha value is -0.680. The largest absolute Gasteiger partial charge is 0.282 e. The number of carbonyl (C=O) groups excluding carboxylic acids is 1. The van der Waals surface area contributed by atoms with Crippen molar-refractivity contribution in [2.75, 3.05) is 6.26 Å². The number of hydrogen-bond donors (Lipinski definition) is 0. The first-order valence-corrected chi connectivity index (χ1v) is 3.71. The number of rotatable bonds is 2. The Morgan fingerprint density at radius 1 is 1.89 bits per heavy atom. The smallest absolute Gasteiger partial charge is 0.211 e. The van der Waals surface area contributed by atoms with E-state index < -0.39 is 0 Å². The number of terminal acetylenes is 1. The van der Waals surface area contributed by atoms with E-state index in [1.165, 1.54) is 17.8 Å². The van der Waals surface area contributed by atoms with Crippen LogP contribution in [0.1, 0.15) is 6.42 Å². The molecule has 0 aromatic heterocycles. The zero-order chi connectivity index (χ0) is 7.11. The topological polar surface area (TPSA) is 17.1 Å². The lowest BCUT2D eigenvalue weighted by molar-refractivity contribution is -0.107. The molecule has 9 heavy (non-hydrogen) atoms. The van der Waals surface area contributed by atoms with Gasteiger partial charge in [-0.3, -0.25) is 4.79 Å². The maximum Gasteiger partial charge on any atom is 0.211 e. The molecular weight excluding hydrogens is 132 g/mol. The van der Waals surface area contributed by atoms with Crippen molar-refractivity contribution in [1.82, 2.24) is 0 Å². The van der Waals surface area contributed by atoms with Gasteiger partial charge in [-0.25, -0.2) is 0 Å². The second-order valence-corrected chi connectivity index (χ2v) is 2.14. The number of carbonyl (C=O) groups is 1. The van der Waals surface area contributed by atoms with Gasteiger partial charge in [-0.15, -0.1) is 12.3 Å². The highest BCUT2D eigenvalue weighted by atomic mass is 32.2. The molecule has 0 amide bonds. The third-order valence-corrected chi connectivity index (χ3v) is 1.23. The monoisotopic (exact) mass is 140 g/mol. The minimum absolute atomic E-state index is 0.0465. The highest BCUT2D eigenvalue weighted by Gasteiger charge is 1.86. The van der Waals surface area contributed by atoms with E-state index in [0.717, 1.165) is 0 Å². The molecule has 0 aliphatic rings. The quantitative estimate of drug-likeness (QED) is 0.426. The normalized spacial score (nSPS) is 9.33. The van der Waals surface area contributed by atoms with Gasteiger partial charge in [0.15, 0.2) is 0 Å². The number of allylic oxidation sites excluding steroid dienone is 1. The summed E-state index contributed by atoms with van der Waals surface area (Å²) in [6, 6.07) is 0. The lowest BCUT2D eigenvalue weighted by atomic mass is 10.4. The maximum atomic E-state index is 10.5. The highest BCUT2D eigenvalue weighted by Crippen LogP contribution is 1.95. The molecule has 0 saturated carbocycles. The molecule has 0 radical (unpaired) electrons. The van der Waals surface area contributed by atoms with Crippen LogP contribution >= 0.6 is 11.8 Å². The van der Waals surface area contributed by atoms with Gasteiger partial charge in [0.05, 0.1) is 0 Å². The van der Waals surface area contributed by atoms with E-state index in [1.54, 1.807) is 12.3 Å². The minimum atomic E-state index is 0.0465. The molecule has 0 spiro atoms. The Kier molecular flexibility index (Phi) is 5.04. The van der Waals surface area contributed by atoms with Gasteiger partial charge in [-0.2, -0.15) is 0 Å². The highest BCUT2D eigenvalue weighted by molar-refractivity contribution is 8.13. The van der Waals surface area contributed by atoms with Crippen LogP contribution in [-0.4, -0.2) is 11.4 Å². The number of hydrogen-bond acceptors (Lipinski definition) is 2. The Labute approximate surface area is 59.5 Å². The van der Waals surface area contributed by atoms with E-state index >= 15 is 0 Å². The zero-order valence-electron chi connectivity index (χ0n) is 5.26. The van der Waals surface area contributed by atoms with Crippen molar-refractivity contribution in [1.29, 1.82) is 0 Å². The Morgan fingerprint density at radius 3 is 3.00 bits per heavy atom. The molecule has 0 bridgehead atoms. The predicted molar refractivity (Wildman–Crippen MR) is 41.1 cm³/mol. The fourth-order valence-electron chi connectivity index (χ4n) is 0.291. The summed E-state index contributed by atoms with van der Waals surface area (Å²) in [4.78, 5) is 10.5. The predicted octanol–water partition coefficient (Wildman–Crippen LogP) is 1.46. The lowest BCUT2D eigenvalue weighted by Gasteiger charge is -1.80. The average Bonchev–Trinajstić information content (AvgIpc) is 1.89. The van der Waals surface area contributed by atoms with Gasteiger partial charge in [0.1, 0.15) is 0 Å². The molecule has 1 nitrogen and oxygen atoms in total. The first kappa shape index (κ1) is 8.32. The molecule has 48 valence electrons. The van der Waals surface area contributed by atoms with Gasteiger partial charge in [-0.1, -0.05) is 17.8 Å². The zero-order valence-corrected chi connectivity index (χ0v) is 6.07. The summed E-state index contributed by atoms with van der Waals surface area (Å²) in [5.41, 5.74) is 0. The van der Waals surface area contributed by atoms with E-state index in [2.05, 4.69) is 5.92 Å². The third-order valence-electron chi connectivity index (χ3n) is 0.691. The molecule has 0 heterocycles. The van der Waals surface area contributed by atoms with Crippen molar-refractivity contribution in [3.63, 3.8) is 0 Å². The summed E-state index contributed by atoms with van der Waals surface area (Å²) < 4.78 is 0. The van der Waals surface area contributed by atoms with E-state index in [9.17, 15) is 4.79 Å². The second kappa shape index (κ2) is 5.46. The summed E-state index contributed by atoms with van der Waals surface area (Å²) >= 11 is 1.18. The molecule has 0 saturated heterocycles. The molecular formula is C7H8OS. The van der Waals surface area contributed by atoms with Gasteiger partial charge in [0.2, 0.25) is 5.12 Å². The summed E-state index contributed by atoms with van der Waals surface area (Å²) in [6.45, 7) is 0. The second-order valence-electron chi connectivity index (χ2n) is 1.33. The Bertz CT molecular complexity index is 153. The molecule has 0 atom stereocenters. The fraction of sp³-hybridized carbons (Fsp3) is 0.286. The molecule has 2 heteroatoms. The van der Waals surface area contributed by atoms with Gasteiger partial charge in [-0.05, 0) is 12.3 Å². The summed E-state index contributed by atoms with van der Waals surface area (Å²) in [7, 11) is 0. The first-order chi connectivity index (χ1) is 4.31. The van der Waals surface area contributed by atoms with Crippen LogP contribution in [0.5, 0.6) is 0 Å². The van der Waals surface area contributed by atoms with E-state index in [4.69, 9.17) is 6.42 Å². The van der Waals surface area contributed by atoms with E-state index in [0.29, 0.717) is 6.42 Å². The van der Waals surface area contributed by atoms with Crippen LogP contribution in [0, 0.1) is 12.3 Å². The van der Waals surface area contributed by atoms with Crippen LogP contribution < -0.4 is 0 Å². The molecule has 0 aromatic carbocycles. The van der Waals surface area contributed by atoms with E-state index in [1.807, 2.05) is 0 Å². The molecule has 0 aliphatic carbocycles. The molecule has 0 rings (SSSR count). The molecule has 0 fully saturated rings. The van der Waals surface area contributed by atoms with Gasteiger partial charge in [0, 0.05) is 6.42 Å². The Balaban J connectivity index is 3.47. The van der Waals surface area contributed by atoms with Crippen LogP contribution in [0.15, 0.2) is 12.2 Å².